The summed E-state index contributed by atoms with van der Waals surface area (Å²) in [7, 11) is 0. The van der Waals surface area contributed by atoms with Crippen molar-refractivity contribution in [3.8, 4) is 0 Å². The van der Waals surface area contributed by atoms with Gasteiger partial charge < -0.3 is 5.32 Å². The molecule has 0 aromatic carbocycles. The summed E-state index contributed by atoms with van der Waals surface area (Å²) in [4.78, 5) is 0. The molecule has 2 bridgehead atoms. The predicted octanol–water partition coefficient (Wildman–Crippen LogP) is 3.98. The first-order valence-electron chi connectivity index (χ1n) is 7.56. The summed E-state index contributed by atoms with van der Waals surface area (Å²) in [5, 5.41) is 3.59. The first kappa shape index (κ1) is 12.4. The Morgan fingerprint density at radius 2 is 2.06 bits per heavy atom. The van der Waals surface area contributed by atoms with Crippen LogP contribution in [0.1, 0.15) is 65.2 Å². The van der Waals surface area contributed by atoms with Crippen molar-refractivity contribution in [1.82, 2.24) is 5.32 Å². The van der Waals surface area contributed by atoms with Crippen LogP contribution >= 0.6 is 0 Å². The molecule has 0 aliphatic heterocycles. The second-order valence-corrected chi connectivity index (χ2v) is 6.03. The Balaban J connectivity index is 1.60. The highest BCUT2D eigenvalue weighted by molar-refractivity contribution is 4.89. The van der Waals surface area contributed by atoms with Gasteiger partial charge in [0.05, 0.1) is 0 Å². The summed E-state index contributed by atoms with van der Waals surface area (Å²) in [6, 6.07) is 0.781. The molecule has 94 valence electrons. The molecule has 1 heteroatoms. The van der Waals surface area contributed by atoms with Gasteiger partial charge in [0.25, 0.3) is 0 Å². The van der Waals surface area contributed by atoms with E-state index in [2.05, 4.69) is 19.2 Å². The molecule has 2 rings (SSSR count). The van der Waals surface area contributed by atoms with E-state index < -0.39 is 0 Å². The average molecular weight is 223 g/mol. The zero-order valence-electron chi connectivity index (χ0n) is 11.2. The maximum Gasteiger partial charge on any atom is 0.00643 e. The quantitative estimate of drug-likeness (QED) is 0.688. The second-order valence-electron chi connectivity index (χ2n) is 6.03. The van der Waals surface area contributed by atoms with Crippen LogP contribution in [0.15, 0.2) is 0 Å². The van der Waals surface area contributed by atoms with Gasteiger partial charge in [-0.1, -0.05) is 33.1 Å². The van der Waals surface area contributed by atoms with E-state index in [-0.39, 0.29) is 0 Å². The van der Waals surface area contributed by atoms with E-state index in [9.17, 15) is 0 Å². The highest BCUT2D eigenvalue weighted by atomic mass is 14.9. The fourth-order valence-electron chi connectivity index (χ4n) is 4.10. The monoisotopic (exact) mass is 223 g/mol. The highest BCUT2D eigenvalue weighted by Crippen LogP contribution is 2.49. The van der Waals surface area contributed by atoms with E-state index in [1.54, 1.807) is 25.7 Å². The van der Waals surface area contributed by atoms with Crippen molar-refractivity contribution < 1.29 is 0 Å². The molecule has 4 unspecified atom stereocenters. The lowest BCUT2D eigenvalue weighted by atomic mass is 9.85. The van der Waals surface area contributed by atoms with Gasteiger partial charge in [-0.15, -0.1) is 0 Å². The van der Waals surface area contributed by atoms with Crippen LogP contribution < -0.4 is 5.32 Å². The van der Waals surface area contributed by atoms with Crippen LogP contribution in [0.4, 0.5) is 0 Å². The molecule has 1 N–H and O–H groups in total. The molecule has 2 fully saturated rings. The fraction of sp³-hybridized carbons (Fsp3) is 1.00. The van der Waals surface area contributed by atoms with Crippen LogP contribution in [0.2, 0.25) is 0 Å². The summed E-state index contributed by atoms with van der Waals surface area (Å²) in [6.07, 6.45) is 11.9. The van der Waals surface area contributed by atoms with Gasteiger partial charge in [-0.3, -0.25) is 0 Å². The molecule has 0 amide bonds. The van der Waals surface area contributed by atoms with Crippen molar-refractivity contribution >= 4 is 0 Å². The lowest BCUT2D eigenvalue weighted by molar-refractivity contribution is 0.298. The van der Waals surface area contributed by atoms with Gasteiger partial charge >= 0.3 is 0 Å². The summed E-state index contributed by atoms with van der Waals surface area (Å²) in [6.45, 7) is 5.66. The van der Waals surface area contributed by atoms with Gasteiger partial charge in [-0.2, -0.15) is 0 Å². The Morgan fingerprint density at radius 3 is 2.62 bits per heavy atom. The van der Waals surface area contributed by atoms with Crippen molar-refractivity contribution in [2.45, 2.75) is 71.3 Å². The third-order valence-corrected chi connectivity index (χ3v) is 5.00. The smallest absolute Gasteiger partial charge is 0.00643 e. The number of hydrogen-bond acceptors (Lipinski definition) is 1. The van der Waals surface area contributed by atoms with E-state index in [0.29, 0.717) is 0 Å². The van der Waals surface area contributed by atoms with Crippen LogP contribution in [0, 0.1) is 17.8 Å². The number of fused-ring (bicyclic) bond motifs is 2. The van der Waals surface area contributed by atoms with E-state index >= 15 is 0 Å². The molecule has 0 aromatic rings. The molecular formula is C15H29N. The fourth-order valence-corrected chi connectivity index (χ4v) is 4.10. The Kier molecular flexibility index (Phi) is 4.69. The number of rotatable bonds is 7. The Bertz CT molecular complexity index is 202. The first-order chi connectivity index (χ1) is 7.83. The van der Waals surface area contributed by atoms with Gasteiger partial charge in [0, 0.05) is 6.04 Å². The first-order valence-corrected chi connectivity index (χ1v) is 7.56. The lowest BCUT2D eigenvalue weighted by Crippen LogP contribution is -2.28. The molecule has 2 aliphatic rings. The second kappa shape index (κ2) is 6.05. The highest BCUT2D eigenvalue weighted by Gasteiger charge is 2.38. The minimum atomic E-state index is 0.781. The van der Waals surface area contributed by atoms with Crippen LogP contribution in [0.5, 0.6) is 0 Å². The van der Waals surface area contributed by atoms with Gasteiger partial charge in [-0.05, 0) is 56.4 Å². The van der Waals surface area contributed by atoms with Crippen molar-refractivity contribution in [1.29, 1.82) is 0 Å². The molecular weight excluding hydrogens is 194 g/mol. The Hall–Kier alpha value is -0.0400. The third-order valence-electron chi connectivity index (χ3n) is 5.00. The molecule has 0 spiro atoms. The lowest BCUT2D eigenvalue weighted by Gasteiger charge is -2.22. The summed E-state index contributed by atoms with van der Waals surface area (Å²) >= 11 is 0. The van der Waals surface area contributed by atoms with Gasteiger partial charge in [0.2, 0.25) is 0 Å². The van der Waals surface area contributed by atoms with Crippen LogP contribution in [0.3, 0.4) is 0 Å². The molecule has 1 nitrogen and oxygen atoms in total. The molecule has 0 heterocycles. The minimum Gasteiger partial charge on any atom is -0.314 e. The standard InChI is InChI=1S/C15H29N/c1-3-15(16-4-2)7-5-6-13-10-12-8-9-14(13)11-12/h12-16H,3-11H2,1-2H3. The van der Waals surface area contributed by atoms with Gasteiger partial charge in [-0.25, -0.2) is 0 Å². The van der Waals surface area contributed by atoms with Gasteiger partial charge in [0.1, 0.15) is 0 Å². The van der Waals surface area contributed by atoms with E-state index in [0.717, 1.165) is 30.3 Å². The van der Waals surface area contributed by atoms with Crippen LogP contribution in [-0.4, -0.2) is 12.6 Å². The molecule has 2 aliphatic carbocycles. The van der Waals surface area contributed by atoms with Crippen molar-refractivity contribution in [2.24, 2.45) is 17.8 Å². The Morgan fingerprint density at radius 1 is 1.19 bits per heavy atom. The van der Waals surface area contributed by atoms with E-state index in [1.807, 2.05) is 0 Å². The van der Waals surface area contributed by atoms with Crippen LogP contribution in [0.25, 0.3) is 0 Å². The van der Waals surface area contributed by atoms with Gasteiger partial charge in [0.15, 0.2) is 0 Å². The van der Waals surface area contributed by atoms with E-state index in [4.69, 9.17) is 0 Å². The molecule has 2 saturated carbocycles. The SMILES string of the molecule is CCNC(CC)CCCC1CC2CCC1C2. The normalized spacial score (nSPS) is 34.5. The molecule has 0 radical (unpaired) electrons. The maximum absolute atomic E-state index is 3.59. The zero-order valence-corrected chi connectivity index (χ0v) is 11.2. The van der Waals surface area contributed by atoms with Crippen molar-refractivity contribution in [2.75, 3.05) is 6.54 Å². The summed E-state index contributed by atoms with van der Waals surface area (Å²) < 4.78 is 0. The molecule has 0 aromatic heterocycles. The van der Waals surface area contributed by atoms with Crippen LogP contribution in [-0.2, 0) is 0 Å². The Labute approximate surface area is 101 Å². The van der Waals surface area contributed by atoms with Crippen molar-refractivity contribution in [3.63, 3.8) is 0 Å². The third kappa shape index (κ3) is 3.00. The van der Waals surface area contributed by atoms with Crippen molar-refractivity contribution in [3.05, 3.63) is 0 Å². The number of nitrogens with one attached hydrogen (secondary N) is 1. The molecule has 4 atom stereocenters. The maximum atomic E-state index is 3.59. The largest absolute Gasteiger partial charge is 0.314 e. The molecule has 0 saturated heterocycles. The average Bonchev–Trinajstić information content (AvgIpc) is 2.89. The number of hydrogen-bond donors (Lipinski definition) is 1. The summed E-state index contributed by atoms with van der Waals surface area (Å²) in [5.41, 5.74) is 0. The summed E-state index contributed by atoms with van der Waals surface area (Å²) in [5.74, 6) is 3.37. The zero-order chi connectivity index (χ0) is 11.4. The minimum absolute atomic E-state index is 0.781. The topological polar surface area (TPSA) is 12.0 Å². The predicted molar refractivity (Wildman–Crippen MR) is 70.5 cm³/mol. The molecule has 16 heavy (non-hydrogen) atoms. The van der Waals surface area contributed by atoms with E-state index in [1.165, 1.54) is 25.7 Å².